The predicted octanol–water partition coefficient (Wildman–Crippen LogP) is 4.54. The maximum absolute atomic E-state index is 12.9. The number of carbonyl (C=O) groups excluding carboxylic acids is 1. The Morgan fingerprint density at radius 3 is 2.74 bits per heavy atom. The molecule has 1 heterocycles. The van der Waals surface area contributed by atoms with E-state index >= 15 is 0 Å². The van der Waals surface area contributed by atoms with Gasteiger partial charge >= 0.3 is 0 Å². The lowest BCUT2D eigenvalue weighted by molar-refractivity contribution is 0.102. The van der Waals surface area contributed by atoms with Crippen LogP contribution in [-0.4, -0.2) is 10.9 Å². The van der Waals surface area contributed by atoms with Gasteiger partial charge in [-0.3, -0.25) is 4.79 Å². The molecule has 98 valence electrons. The molecule has 7 heteroatoms. The van der Waals surface area contributed by atoms with Crippen molar-refractivity contribution in [1.82, 2.24) is 4.98 Å². The predicted molar refractivity (Wildman–Crippen MR) is 76.3 cm³/mol. The number of amides is 1. The third-order valence-electron chi connectivity index (χ3n) is 2.25. The van der Waals surface area contributed by atoms with Gasteiger partial charge in [0, 0.05) is 10.7 Å². The van der Waals surface area contributed by atoms with Crippen LogP contribution in [0.1, 0.15) is 10.4 Å². The number of rotatable bonds is 2. The van der Waals surface area contributed by atoms with E-state index in [0.717, 1.165) is 0 Å². The molecule has 19 heavy (non-hydrogen) atoms. The van der Waals surface area contributed by atoms with Gasteiger partial charge in [0.05, 0.1) is 16.3 Å². The van der Waals surface area contributed by atoms with Gasteiger partial charge in [0.1, 0.15) is 11.0 Å². The summed E-state index contributed by atoms with van der Waals surface area (Å²) in [4.78, 5) is 15.8. The molecular formula is C12H6BrCl2FN2O. The van der Waals surface area contributed by atoms with E-state index < -0.39 is 11.7 Å². The average Bonchev–Trinajstić information content (AvgIpc) is 2.35. The van der Waals surface area contributed by atoms with Gasteiger partial charge in [0.2, 0.25) is 0 Å². The highest BCUT2D eigenvalue weighted by Crippen LogP contribution is 2.25. The number of aromatic nitrogens is 1. The lowest BCUT2D eigenvalue weighted by atomic mass is 10.2. The number of benzene rings is 1. The van der Waals surface area contributed by atoms with Gasteiger partial charge in [-0.2, -0.15) is 0 Å². The Morgan fingerprint density at radius 1 is 1.32 bits per heavy atom. The van der Waals surface area contributed by atoms with Crippen LogP contribution in [0, 0.1) is 5.82 Å². The largest absolute Gasteiger partial charge is 0.321 e. The second-order valence-electron chi connectivity index (χ2n) is 3.57. The smallest absolute Gasteiger partial charge is 0.257 e. The van der Waals surface area contributed by atoms with Crippen LogP contribution in [0.15, 0.2) is 34.9 Å². The molecule has 0 aliphatic carbocycles. The van der Waals surface area contributed by atoms with Crippen LogP contribution in [-0.2, 0) is 0 Å². The van der Waals surface area contributed by atoms with E-state index in [-0.39, 0.29) is 15.7 Å². The third-order valence-corrected chi connectivity index (χ3v) is 3.41. The fraction of sp³-hybridized carbons (Fsp3) is 0. The van der Waals surface area contributed by atoms with Gasteiger partial charge in [0.15, 0.2) is 0 Å². The third kappa shape index (κ3) is 3.43. The minimum absolute atomic E-state index is 0.160. The number of halogens is 4. The van der Waals surface area contributed by atoms with Gasteiger partial charge in [0.25, 0.3) is 5.91 Å². The zero-order valence-corrected chi connectivity index (χ0v) is 12.4. The molecule has 0 spiro atoms. The van der Waals surface area contributed by atoms with Crippen molar-refractivity contribution < 1.29 is 9.18 Å². The molecule has 0 atom stereocenters. The Hall–Kier alpha value is -1.17. The molecule has 2 rings (SSSR count). The molecule has 1 amide bonds. The van der Waals surface area contributed by atoms with Crippen molar-refractivity contribution in [3.8, 4) is 0 Å². The molecule has 1 N–H and O–H groups in total. The van der Waals surface area contributed by atoms with Crippen molar-refractivity contribution in [2.24, 2.45) is 0 Å². The molecule has 0 aliphatic rings. The average molecular weight is 364 g/mol. The number of nitrogens with zero attached hydrogens (tertiary/aromatic N) is 1. The lowest BCUT2D eigenvalue weighted by Gasteiger charge is -2.08. The Morgan fingerprint density at radius 2 is 2.05 bits per heavy atom. The molecule has 0 fully saturated rings. The number of anilines is 1. The molecule has 0 saturated heterocycles. The van der Waals surface area contributed by atoms with Crippen LogP contribution in [0.3, 0.4) is 0 Å². The van der Waals surface area contributed by atoms with Gasteiger partial charge in [-0.15, -0.1) is 0 Å². The van der Waals surface area contributed by atoms with E-state index in [9.17, 15) is 9.18 Å². The molecule has 0 unspecified atom stereocenters. The van der Waals surface area contributed by atoms with E-state index in [2.05, 4.69) is 26.2 Å². The molecule has 0 aliphatic heterocycles. The molecule has 1 aromatic heterocycles. The van der Waals surface area contributed by atoms with E-state index in [0.29, 0.717) is 10.2 Å². The molecule has 0 saturated carbocycles. The first-order chi connectivity index (χ1) is 8.97. The normalized spacial score (nSPS) is 10.3. The lowest BCUT2D eigenvalue weighted by Crippen LogP contribution is -2.13. The molecule has 2 aromatic rings. The highest BCUT2D eigenvalue weighted by Gasteiger charge is 2.13. The Balaban J connectivity index is 2.28. The van der Waals surface area contributed by atoms with Crippen molar-refractivity contribution in [2.75, 3.05) is 5.32 Å². The van der Waals surface area contributed by atoms with Crippen LogP contribution in [0.2, 0.25) is 10.2 Å². The van der Waals surface area contributed by atoms with Crippen LogP contribution in [0.25, 0.3) is 0 Å². The first-order valence-electron chi connectivity index (χ1n) is 5.05. The van der Waals surface area contributed by atoms with Crippen molar-refractivity contribution in [3.05, 3.63) is 56.5 Å². The molecular weight excluding hydrogens is 358 g/mol. The maximum atomic E-state index is 12.9. The number of pyridine rings is 1. The highest BCUT2D eigenvalue weighted by atomic mass is 79.9. The number of hydrogen-bond donors (Lipinski definition) is 1. The number of carbonyl (C=O) groups is 1. The summed E-state index contributed by atoms with van der Waals surface area (Å²) >= 11 is 14.7. The Kier molecular flexibility index (Phi) is 4.39. The fourth-order valence-electron chi connectivity index (χ4n) is 1.37. The van der Waals surface area contributed by atoms with Crippen LogP contribution in [0.4, 0.5) is 10.1 Å². The van der Waals surface area contributed by atoms with E-state index in [1.807, 2.05) is 0 Å². The van der Waals surface area contributed by atoms with E-state index in [1.54, 1.807) is 0 Å². The summed E-state index contributed by atoms with van der Waals surface area (Å²) in [5, 5.41) is 2.94. The van der Waals surface area contributed by atoms with Crippen molar-refractivity contribution in [3.63, 3.8) is 0 Å². The van der Waals surface area contributed by atoms with Gasteiger partial charge < -0.3 is 5.32 Å². The zero-order chi connectivity index (χ0) is 14.0. The monoisotopic (exact) mass is 362 g/mol. The molecule has 0 bridgehead atoms. The van der Waals surface area contributed by atoms with E-state index in [4.69, 9.17) is 23.2 Å². The number of hydrogen-bond acceptors (Lipinski definition) is 2. The summed E-state index contributed by atoms with van der Waals surface area (Å²) < 4.78 is 13.4. The second kappa shape index (κ2) is 5.86. The Labute approximate surface area is 126 Å². The summed E-state index contributed by atoms with van der Waals surface area (Å²) in [7, 11) is 0. The summed E-state index contributed by atoms with van der Waals surface area (Å²) in [5.74, 6) is -0.864. The first-order valence-corrected chi connectivity index (χ1v) is 6.59. The Bertz CT molecular complexity index is 652. The van der Waals surface area contributed by atoms with Crippen molar-refractivity contribution >= 4 is 50.7 Å². The summed E-state index contributed by atoms with van der Waals surface area (Å²) in [5.41, 5.74) is 0.619. The van der Waals surface area contributed by atoms with Gasteiger partial charge in [-0.25, -0.2) is 9.37 Å². The summed E-state index contributed by atoms with van der Waals surface area (Å²) in [6.07, 6.45) is 1.29. The topological polar surface area (TPSA) is 42.0 Å². The standard InChI is InChI=1S/C12H6BrCl2FN2O/c13-8-3-6(16)1-2-10(8)18-12(19)7-4-11(15)17-5-9(7)14/h1-5H,(H,18,19). The summed E-state index contributed by atoms with van der Waals surface area (Å²) in [6.45, 7) is 0. The fourth-order valence-corrected chi connectivity index (χ4v) is 2.16. The quantitative estimate of drug-likeness (QED) is 0.795. The molecule has 1 aromatic carbocycles. The summed E-state index contributed by atoms with van der Waals surface area (Å²) in [6, 6.07) is 5.28. The van der Waals surface area contributed by atoms with E-state index in [1.165, 1.54) is 30.5 Å². The van der Waals surface area contributed by atoms with Gasteiger partial charge in [-0.05, 0) is 40.2 Å². The maximum Gasteiger partial charge on any atom is 0.257 e. The molecule has 3 nitrogen and oxygen atoms in total. The van der Waals surface area contributed by atoms with Crippen molar-refractivity contribution in [1.29, 1.82) is 0 Å². The van der Waals surface area contributed by atoms with Crippen molar-refractivity contribution in [2.45, 2.75) is 0 Å². The molecule has 0 radical (unpaired) electrons. The second-order valence-corrected chi connectivity index (χ2v) is 5.21. The first kappa shape index (κ1) is 14.2. The SMILES string of the molecule is O=C(Nc1ccc(F)cc1Br)c1cc(Cl)ncc1Cl. The van der Waals surface area contributed by atoms with Gasteiger partial charge in [-0.1, -0.05) is 23.2 Å². The highest BCUT2D eigenvalue weighted by molar-refractivity contribution is 9.10. The number of nitrogens with one attached hydrogen (secondary N) is 1. The zero-order valence-electron chi connectivity index (χ0n) is 9.25. The minimum atomic E-state index is -0.457. The van der Waals surface area contributed by atoms with Crippen LogP contribution in [0.5, 0.6) is 0 Å². The van der Waals surface area contributed by atoms with Crippen LogP contribution >= 0.6 is 39.1 Å². The minimum Gasteiger partial charge on any atom is -0.321 e. The van der Waals surface area contributed by atoms with Crippen LogP contribution < -0.4 is 5.32 Å².